The molecule has 168 valence electrons. The van der Waals surface area contributed by atoms with E-state index in [0.717, 1.165) is 0 Å². The second kappa shape index (κ2) is 10.2. The first-order chi connectivity index (χ1) is 15.7. The zero-order valence-electron chi connectivity index (χ0n) is 17.3. The molecule has 0 spiro atoms. The predicted molar refractivity (Wildman–Crippen MR) is 123 cm³/mol. The Morgan fingerprint density at radius 2 is 1.76 bits per heavy atom. The Labute approximate surface area is 195 Å². The molecule has 3 aromatic rings. The van der Waals surface area contributed by atoms with Gasteiger partial charge in [0.2, 0.25) is 0 Å². The van der Waals surface area contributed by atoms with Crippen LogP contribution in [0.5, 0.6) is 11.5 Å². The normalized spacial score (nSPS) is 11.5. The van der Waals surface area contributed by atoms with Crippen LogP contribution in [0.3, 0.4) is 0 Å². The number of nitriles is 1. The van der Waals surface area contributed by atoms with E-state index in [2.05, 4.69) is 6.07 Å². The number of non-ortho nitro benzene ring substituents is 1. The molecule has 0 saturated carbocycles. The molecule has 3 rings (SSSR count). The summed E-state index contributed by atoms with van der Waals surface area (Å²) in [6.45, 7) is 1.98. The molecule has 0 fully saturated rings. The van der Waals surface area contributed by atoms with E-state index in [1.807, 2.05) is 0 Å². The van der Waals surface area contributed by atoms with Gasteiger partial charge in [-0.05, 0) is 72.7 Å². The number of nitro groups is 1. The van der Waals surface area contributed by atoms with Gasteiger partial charge in [0.05, 0.1) is 23.2 Å². The number of hydrogen-bond donors (Lipinski definition) is 0. The molecule has 0 aliphatic rings. The van der Waals surface area contributed by atoms with E-state index in [4.69, 9.17) is 20.5 Å². The molecule has 0 radical (unpaired) electrons. The third kappa shape index (κ3) is 5.88. The molecule has 0 amide bonds. The Hall–Kier alpha value is -3.87. The SMILES string of the molecule is CCOc1cc(/C=C(\C#N)c2ccc([N+](=O)[O-])cc2)ccc1OS(=O)(=O)c1ccc(Cl)cc1. The minimum Gasteiger partial charge on any atom is -0.490 e. The van der Waals surface area contributed by atoms with Gasteiger partial charge < -0.3 is 8.92 Å². The van der Waals surface area contributed by atoms with E-state index >= 15 is 0 Å². The van der Waals surface area contributed by atoms with Gasteiger partial charge in [0.1, 0.15) is 4.90 Å². The van der Waals surface area contributed by atoms with Crippen molar-refractivity contribution in [3.63, 3.8) is 0 Å². The van der Waals surface area contributed by atoms with Crippen LogP contribution < -0.4 is 8.92 Å². The molecule has 0 saturated heterocycles. The third-order valence-corrected chi connectivity index (χ3v) is 5.89. The lowest BCUT2D eigenvalue weighted by atomic mass is 10.0. The summed E-state index contributed by atoms with van der Waals surface area (Å²) in [5.74, 6) is 0.155. The van der Waals surface area contributed by atoms with E-state index < -0.39 is 15.0 Å². The molecule has 10 heteroatoms. The van der Waals surface area contributed by atoms with Crippen molar-refractivity contribution in [3.8, 4) is 17.6 Å². The third-order valence-electron chi connectivity index (χ3n) is 4.39. The van der Waals surface area contributed by atoms with Crippen LogP contribution in [0.25, 0.3) is 11.6 Å². The highest BCUT2D eigenvalue weighted by Crippen LogP contribution is 2.33. The standard InChI is InChI=1S/C23H17ClN2O6S/c1-2-31-23-14-16(13-18(15-25)17-4-8-20(9-5-17)26(27)28)3-12-22(23)32-33(29,30)21-10-6-19(24)7-11-21/h3-14H,2H2,1H3/b18-13+. The van der Waals surface area contributed by atoms with Crippen LogP contribution in [0.1, 0.15) is 18.1 Å². The van der Waals surface area contributed by atoms with Crippen molar-refractivity contribution in [3.05, 3.63) is 93.0 Å². The number of hydrogen-bond acceptors (Lipinski definition) is 7. The van der Waals surface area contributed by atoms with Crippen molar-refractivity contribution in [2.45, 2.75) is 11.8 Å². The van der Waals surface area contributed by atoms with Gasteiger partial charge in [0.25, 0.3) is 5.69 Å². The second-order valence-corrected chi connectivity index (χ2v) is 8.59. The van der Waals surface area contributed by atoms with Gasteiger partial charge in [-0.15, -0.1) is 0 Å². The van der Waals surface area contributed by atoms with E-state index in [1.54, 1.807) is 25.1 Å². The van der Waals surface area contributed by atoms with Gasteiger partial charge in [-0.1, -0.05) is 17.7 Å². The van der Waals surface area contributed by atoms with Gasteiger partial charge in [-0.2, -0.15) is 13.7 Å². The van der Waals surface area contributed by atoms with Crippen LogP contribution in [-0.4, -0.2) is 19.9 Å². The summed E-state index contributed by atoms with van der Waals surface area (Å²) in [5.41, 5.74) is 1.21. The van der Waals surface area contributed by atoms with Crippen LogP contribution in [0.2, 0.25) is 5.02 Å². The first kappa shape index (κ1) is 23.8. The summed E-state index contributed by atoms with van der Waals surface area (Å²) in [6, 6.07) is 17.7. The molecule has 0 aromatic heterocycles. The van der Waals surface area contributed by atoms with E-state index in [9.17, 15) is 23.8 Å². The summed E-state index contributed by atoms with van der Waals surface area (Å²) in [4.78, 5) is 10.2. The maximum Gasteiger partial charge on any atom is 0.339 e. The predicted octanol–water partition coefficient (Wildman–Crippen LogP) is 5.48. The van der Waals surface area contributed by atoms with Gasteiger partial charge in [0, 0.05) is 17.2 Å². The Balaban J connectivity index is 1.93. The average Bonchev–Trinajstić information content (AvgIpc) is 2.79. The summed E-state index contributed by atoms with van der Waals surface area (Å²) >= 11 is 5.81. The first-order valence-corrected chi connectivity index (χ1v) is 11.4. The highest BCUT2D eigenvalue weighted by Gasteiger charge is 2.19. The van der Waals surface area contributed by atoms with Gasteiger partial charge >= 0.3 is 10.1 Å². The largest absolute Gasteiger partial charge is 0.490 e. The zero-order chi connectivity index (χ0) is 24.0. The fourth-order valence-electron chi connectivity index (χ4n) is 2.83. The smallest absolute Gasteiger partial charge is 0.339 e. The van der Waals surface area contributed by atoms with Crippen LogP contribution in [0.4, 0.5) is 5.69 Å². The fraction of sp³-hybridized carbons (Fsp3) is 0.0870. The molecule has 0 bridgehead atoms. The number of nitrogens with zero attached hydrogens (tertiary/aromatic N) is 2. The zero-order valence-corrected chi connectivity index (χ0v) is 18.8. The monoisotopic (exact) mass is 484 g/mol. The quantitative estimate of drug-likeness (QED) is 0.136. The maximum atomic E-state index is 12.6. The van der Waals surface area contributed by atoms with E-state index in [-0.39, 0.29) is 34.3 Å². The number of halogens is 1. The molecule has 0 atom stereocenters. The van der Waals surface area contributed by atoms with Crippen molar-refractivity contribution < 1.29 is 22.3 Å². The van der Waals surface area contributed by atoms with E-state index in [0.29, 0.717) is 16.1 Å². The van der Waals surface area contributed by atoms with Crippen LogP contribution in [0.15, 0.2) is 71.6 Å². The van der Waals surface area contributed by atoms with Crippen molar-refractivity contribution >= 4 is 39.1 Å². The van der Waals surface area contributed by atoms with Crippen LogP contribution in [-0.2, 0) is 10.1 Å². The number of rotatable bonds is 8. The number of benzene rings is 3. The van der Waals surface area contributed by atoms with Crippen molar-refractivity contribution in [2.75, 3.05) is 6.61 Å². The minimum absolute atomic E-state index is 0.0159. The average molecular weight is 485 g/mol. The van der Waals surface area contributed by atoms with Crippen molar-refractivity contribution in [1.82, 2.24) is 0 Å². The van der Waals surface area contributed by atoms with Crippen LogP contribution in [0, 0.1) is 21.4 Å². The van der Waals surface area contributed by atoms with Gasteiger partial charge in [-0.25, -0.2) is 0 Å². The molecule has 0 heterocycles. The van der Waals surface area contributed by atoms with Crippen LogP contribution >= 0.6 is 11.6 Å². The highest BCUT2D eigenvalue weighted by molar-refractivity contribution is 7.87. The Morgan fingerprint density at radius 3 is 2.33 bits per heavy atom. The fourth-order valence-corrected chi connectivity index (χ4v) is 3.89. The molecule has 0 unspecified atom stereocenters. The lowest BCUT2D eigenvalue weighted by molar-refractivity contribution is -0.384. The molecule has 0 aliphatic heterocycles. The molecule has 33 heavy (non-hydrogen) atoms. The van der Waals surface area contributed by atoms with Gasteiger partial charge in [-0.3, -0.25) is 10.1 Å². The molecule has 0 N–H and O–H groups in total. The summed E-state index contributed by atoms with van der Waals surface area (Å²) in [7, 11) is -4.13. The lowest BCUT2D eigenvalue weighted by Crippen LogP contribution is -2.10. The Kier molecular flexibility index (Phi) is 7.33. The minimum atomic E-state index is -4.13. The molecular weight excluding hydrogens is 468 g/mol. The van der Waals surface area contributed by atoms with Crippen molar-refractivity contribution in [2.24, 2.45) is 0 Å². The maximum absolute atomic E-state index is 12.6. The molecule has 3 aromatic carbocycles. The van der Waals surface area contributed by atoms with E-state index in [1.165, 1.54) is 54.6 Å². The highest BCUT2D eigenvalue weighted by atomic mass is 35.5. The van der Waals surface area contributed by atoms with Gasteiger partial charge in [0.15, 0.2) is 11.5 Å². The first-order valence-electron chi connectivity index (χ1n) is 9.57. The summed E-state index contributed by atoms with van der Waals surface area (Å²) < 4.78 is 36.0. The number of ether oxygens (including phenoxy) is 1. The number of nitro benzene ring substituents is 1. The lowest BCUT2D eigenvalue weighted by Gasteiger charge is -2.13. The molecule has 0 aliphatic carbocycles. The second-order valence-electron chi connectivity index (χ2n) is 6.60. The summed E-state index contributed by atoms with van der Waals surface area (Å²) in [6.07, 6.45) is 1.56. The van der Waals surface area contributed by atoms with Crippen molar-refractivity contribution in [1.29, 1.82) is 5.26 Å². The summed E-state index contributed by atoms with van der Waals surface area (Å²) in [5, 5.41) is 20.8. The Bertz CT molecular complexity index is 1350. The topological polar surface area (TPSA) is 120 Å². The molecule has 8 nitrogen and oxygen atoms in total. The Morgan fingerprint density at radius 1 is 1.09 bits per heavy atom. The molecular formula is C23H17ClN2O6S. The number of allylic oxidation sites excluding steroid dienone is 1.